The second kappa shape index (κ2) is 4.94. The molecule has 0 spiro atoms. The molecule has 16 heavy (non-hydrogen) atoms. The average Bonchev–Trinajstić information content (AvgIpc) is 3.03. The van der Waals surface area contributed by atoms with Crippen LogP contribution in [0.15, 0.2) is 11.6 Å². The minimum Gasteiger partial charge on any atom is -0.0850 e. The molecule has 2 saturated carbocycles. The summed E-state index contributed by atoms with van der Waals surface area (Å²) in [6.45, 7) is 0. The predicted octanol–water partition coefficient (Wildman–Crippen LogP) is 5.09. The van der Waals surface area contributed by atoms with E-state index in [0.29, 0.717) is 0 Å². The SMILES string of the molecule is C1=C(C2CCCCC2C2CCCC2)CCC1. The van der Waals surface area contributed by atoms with E-state index in [9.17, 15) is 0 Å². The lowest BCUT2D eigenvalue weighted by atomic mass is 9.69. The quantitative estimate of drug-likeness (QED) is 0.566. The molecule has 3 aliphatic carbocycles. The standard InChI is InChI=1S/C16H26/c1-2-8-13(7-1)15-11-5-6-12-16(15)14-9-3-4-10-14/h7,14-16H,1-6,8-12H2. The molecule has 2 fully saturated rings. The Morgan fingerprint density at radius 1 is 0.812 bits per heavy atom. The number of allylic oxidation sites excluding steroid dienone is 2. The van der Waals surface area contributed by atoms with Crippen LogP contribution >= 0.6 is 0 Å². The molecule has 0 saturated heterocycles. The van der Waals surface area contributed by atoms with Crippen LogP contribution in [0.25, 0.3) is 0 Å². The summed E-state index contributed by atoms with van der Waals surface area (Å²) >= 11 is 0. The van der Waals surface area contributed by atoms with Crippen LogP contribution in [0.1, 0.15) is 70.6 Å². The van der Waals surface area contributed by atoms with Gasteiger partial charge in [0, 0.05) is 0 Å². The van der Waals surface area contributed by atoms with Crippen molar-refractivity contribution in [2.75, 3.05) is 0 Å². The fraction of sp³-hybridized carbons (Fsp3) is 0.875. The van der Waals surface area contributed by atoms with Gasteiger partial charge in [0.05, 0.1) is 0 Å². The predicted molar refractivity (Wildman–Crippen MR) is 69.3 cm³/mol. The highest BCUT2D eigenvalue weighted by molar-refractivity contribution is 5.14. The van der Waals surface area contributed by atoms with Gasteiger partial charge >= 0.3 is 0 Å². The minimum absolute atomic E-state index is 1.01. The minimum atomic E-state index is 1.01. The van der Waals surface area contributed by atoms with E-state index < -0.39 is 0 Å². The number of hydrogen-bond donors (Lipinski definition) is 0. The van der Waals surface area contributed by atoms with Crippen molar-refractivity contribution in [3.05, 3.63) is 11.6 Å². The lowest BCUT2D eigenvalue weighted by Crippen LogP contribution is -2.26. The molecule has 0 aliphatic heterocycles. The van der Waals surface area contributed by atoms with E-state index in [4.69, 9.17) is 0 Å². The average molecular weight is 218 g/mol. The molecule has 3 aliphatic rings. The smallest absolute Gasteiger partial charge is 0.0172 e. The van der Waals surface area contributed by atoms with Crippen molar-refractivity contribution in [1.82, 2.24) is 0 Å². The lowest BCUT2D eigenvalue weighted by molar-refractivity contribution is 0.186. The first-order chi connectivity index (χ1) is 7.95. The second-order valence-electron chi connectivity index (χ2n) is 6.27. The normalized spacial score (nSPS) is 36.6. The Balaban J connectivity index is 1.72. The Labute approximate surface area is 101 Å². The fourth-order valence-corrected chi connectivity index (χ4v) is 4.60. The summed E-state index contributed by atoms with van der Waals surface area (Å²) in [4.78, 5) is 0. The highest BCUT2D eigenvalue weighted by Crippen LogP contribution is 2.46. The van der Waals surface area contributed by atoms with Gasteiger partial charge in [-0.3, -0.25) is 0 Å². The summed E-state index contributed by atoms with van der Waals surface area (Å²) in [5.41, 5.74) is 1.87. The van der Waals surface area contributed by atoms with Crippen LogP contribution in [0.2, 0.25) is 0 Å². The third-order valence-electron chi connectivity index (χ3n) is 5.38. The monoisotopic (exact) mass is 218 g/mol. The summed E-state index contributed by atoms with van der Waals surface area (Å²) in [5, 5.41) is 0. The summed E-state index contributed by atoms with van der Waals surface area (Å²) in [7, 11) is 0. The van der Waals surface area contributed by atoms with Gasteiger partial charge in [-0.1, -0.05) is 50.2 Å². The maximum Gasteiger partial charge on any atom is -0.0172 e. The van der Waals surface area contributed by atoms with E-state index in [1.54, 1.807) is 19.3 Å². The second-order valence-corrected chi connectivity index (χ2v) is 6.27. The molecule has 90 valence electrons. The van der Waals surface area contributed by atoms with Crippen LogP contribution in [-0.4, -0.2) is 0 Å². The van der Waals surface area contributed by atoms with Gasteiger partial charge in [-0.15, -0.1) is 0 Å². The zero-order valence-electron chi connectivity index (χ0n) is 10.6. The zero-order valence-corrected chi connectivity index (χ0v) is 10.6. The number of hydrogen-bond acceptors (Lipinski definition) is 0. The summed E-state index contributed by atoms with van der Waals surface area (Å²) in [6, 6.07) is 0. The number of rotatable bonds is 2. The van der Waals surface area contributed by atoms with Crippen LogP contribution in [0.3, 0.4) is 0 Å². The van der Waals surface area contributed by atoms with Gasteiger partial charge < -0.3 is 0 Å². The first-order valence-corrected chi connectivity index (χ1v) is 7.64. The van der Waals surface area contributed by atoms with Gasteiger partial charge in [0.1, 0.15) is 0 Å². The Morgan fingerprint density at radius 3 is 2.31 bits per heavy atom. The van der Waals surface area contributed by atoms with Crippen LogP contribution < -0.4 is 0 Å². The van der Waals surface area contributed by atoms with Gasteiger partial charge in [0.2, 0.25) is 0 Å². The Bertz CT molecular complexity index is 257. The molecule has 3 rings (SSSR count). The van der Waals surface area contributed by atoms with E-state index in [-0.39, 0.29) is 0 Å². The molecule has 0 radical (unpaired) electrons. The Kier molecular flexibility index (Phi) is 3.35. The molecule has 0 bridgehead atoms. The molecule has 0 heterocycles. The molecule has 0 N–H and O–H groups in total. The highest BCUT2D eigenvalue weighted by atomic mass is 14.4. The molecular formula is C16H26. The van der Waals surface area contributed by atoms with E-state index in [2.05, 4.69) is 6.08 Å². The van der Waals surface area contributed by atoms with E-state index in [1.807, 2.05) is 5.57 Å². The van der Waals surface area contributed by atoms with E-state index in [0.717, 1.165) is 17.8 Å². The van der Waals surface area contributed by atoms with E-state index in [1.165, 1.54) is 51.4 Å². The van der Waals surface area contributed by atoms with Gasteiger partial charge in [0.25, 0.3) is 0 Å². The maximum absolute atomic E-state index is 2.60. The summed E-state index contributed by atoms with van der Waals surface area (Å²) in [5.74, 6) is 3.20. The van der Waals surface area contributed by atoms with Crippen LogP contribution in [0, 0.1) is 17.8 Å². The molecule has 0 aromatic heterocycles. The molecule has 0 aromatic carbocycles. The first kappa shape index (κ1) is 10.9. The van der Waals surface area contributed by atoms with Crippen molar-refractivity contribution in [1.29, 1.82) is 0 Å². The van der Waals surface area contributed by atoms with Crippen molar-refractivity contribution in [3.63, 3.8) is 0 Å². The van der Waals surface area contributed by atoms with Crippen LogP contribution in [0.4, 0.5) is 0 Å². The molecule has 0 aromatic rings. The van der Waals surface area contributed by atoms with Gasteiger partial charge in [-0.25, -0.2) is 0 Å². The van der Waals surface area contributed by atoms with Crippen molar-refractivity contribution < 1.29 is 0 Å². The topological polar surface area (TPSA) is 0 Å². The van der Waals surface area contributed by atoms with Gasteiger partial charge in [0.15, 0.2) is 0 Å². The largest absolute Gasteiger partial charge is 0.0850 e. The first-order valence-electron chi connectivity index (χ1n) is 7.64. The summed E-state index contributed by atoms with van der Waals surface area (Å²) in [6.07, 6.45) is 19.1. The van der Waals surface area contributed by atoms with Crippen molar-refractivity contribution in [3.8, 4) is 0 Å². The maximum atomic E-state index is 2.60. The molecular weight excluding hydrogens is 192 g/mol. The van der Waals surface area contributed by atoms with Crippen molar-refractivity contribution in [2.45, 2.75) is 70.6 Å². The van der Waals surface area contributed by atoms with Crippen molar-refractivity contribution >= 4 is 0 Å². The zero-order chi connectivity index (χ0) is 10.8. The molecule has 0 heteroatoms. The third-order valence-corrected chi connectivity index (χ3v) is 5.38. The summed E-state index contributed by atoms with van der Waals surface area (Å²) < 4.78 is 0. The van der Waals surface area contributed by atoms with Gasteiger partial charge in [-0.2, -0.15) is 0 Å². The Morgan fingerprint density at radius 2 is 1.56 bits per heavy atom. The molecule has 0 amide bonds. The van der Waals surface area contributed by atoms with Gasteiger partial charge in [-0.05, 0) is 49.9 Å². The molecule has 2 atom stereocenters. The molecule has 0 nitrogen and oxygen atoms in total. The van der Waals surface area contributed by atoms with Crippen LogP contribution in [0.5, 0.6) is 0 Å². The third kappa shape index (κ3) is 2.08. The lowest BCUT2D eigenvalue weighted by Gasteiger charge is -2.36. The molecule has 2 unspecified atom stereocenters. The van der Waals surface area contributed by atoms with E-state index >= 15 is 0 Å². The Hall–Kier alpha value is -0.260. The van der Waals surface area contributed by atoms with Crippen LogP contribution in [-0.2, 0) is 0 Å². The highest BCUT2D eigenvalue weighted by Gasteiger charge is 2.35. The fourth-order valence-electron chi connectivity index (χ4n) is 4.60. The van der Waals surface area contributed by atoms with Crippen molar-refractivity contribution in [2.24, 2.45) is 17.8 Å².